The van der Waals surface area contributed by atoms with Crippen LogP contribution in [0.4, 0.5) is 0 Å². The van der Waals surface area contributed by atoms with Gasteiger partial charge in [0, 0.05) is 38.7 Å². The molecule has 1 aliphatic rings. The highest BCUT2D eigenvalue weighted by Crippen LogP contribution is 2.67. The average Bonchev–Trinajstić information content (AvgIpc) is 3.31. The summed E-state index contributed by atoms with van der Waals surface area (Å²) in [5.74, 6) is 0. The van der Waals surface area contributed by atoms with Gasteiger partial charge >= 0.3 is 0 Å². The topological polar surface area (TPSA) is 4.93 Å². The van der Waals surface area contributed by atoms with Crippen molar-refractivity contribution in [3.8, 4) is 22.3 Å². The van der Waals surface area contributed by atoms with Gasteiger partial charge in [0.2, 0.25) is 0 Å². The molecule has 5 aromatic carbocycles. The van der Waals surface area contributed by atoms with Crippen molar-refractivity contribution in [3.05, 3.63) is 97.1 Å². The van der Waals surface area contributed by atoms with Crippen molar-refractivity contribution in [2.45, 2.75) is 30.1 Å². The molecule has 6 aromatic rings. The Morgan fingerprint density at radius 1 is 0.611 bits per heavy atom. The maximum Gasteiger partial charge on any atom is 0.0568 e. The Bertz CT molecular complexity index is 1770. The molecular formula is C34H33NS. The summed E-state index contributed by atoms with van der Waals surface area (Å²) >= 11 is 0. The van der Waals surface area contributed by atoms with Crippen LogP contribution in [0.25, 0.3) is 54.8 Å². The van der Waals surface area contributed by atoms with E-state index in [1.807, 2.05) is 0 Å². The summed E-state index contributed by atoms with van der Waals surface area (Å²) in [4.78, 5) is 3.01. The van der Waals surface area contributed by atoms with Crippen LogP contribution in [0.3, 0.4) is 0 Å². The van der Waals surface area contributed by atoms with Crippen LogP contribution in [0.5, 0.6) is 0 Å². The Hall–Kier alpha value is -3.49. The molecule has 7 rings (SSSR count). The van der Waals surface area contributed by atoms with Gasteiger partial charge in [-0.15, -0.1) is 0 Å². The Labute approximate surface area is 215 Å². The lowest BCUT2D eigenvalue weighted by Crippen LogP contribution is -1.94. The molecule has 0 saturated heterocycles. The third-order valence-corrected chi connectivity index (χ3v) is 10.3. The molecule has 0 atom stereocenters. The van der Waals surface area contributed by atoms with Gasteiger partial charge in [0.25, 0.3) is 0 Å². The van der Waals surface area contributed by atoms with Crippen LogP contribution in [0.2, 0.25) is 0 Å². The Morgan fingerprint density at radius 2 is 1.25 bits per heavy atom. The first kappa shape index (κ1) is 22.9. The van der Waals surface area contributed by atoms with Crippen LogP contribution in [0.1, 0.15) is 20.3 Å². The van der Waals surface area contributed by atoms with Crippen LogP contribution >= 0.6 is 10.0 Å². The quantitative estimate of drug-likeness (QED) is 0.217. The summed E-state index contributed by atoms with van der Waals surface area (Å²) in [6.07, 6.45) is 6.12. The van der Waals surface area contributed by atoms with Gasteiger partial charge in [-0.05, 0) is 64.2 Å². The van der Waals surface area contributed by atoms with Gasteiger partial charge < -0.3 is 4.57 Å². The minimum Gasteiger partial charge on any atom is -0.343 e. The maximum absolute atomic E-state index is 2.47. The third-order valence-electron chi connectivity index (χ3n) is 7.46. The molecule has 0 N–H and O–H groups in total. The number of rotatable bonds is 1. The summed E-state index contributed by atoms with van der Waals surface area (Å²) in [5, 5.41) is 5.24. The van der Waals surface area contributed by atoms with Gasteiger partial charge in [-0.25, -0.2) is 0 Å². The molecule has 180 valence electrons. The summed E-state index contributed by atoms with van der Waals surface area (Å²) in [7, 11) is 1.19. The molecule has 1 aromatic heterocycles. The monoisotopic (exact) mass is 487 g/mol. The lowest BCUT2D eigenvalue weighted by Gasteiger charge is -2.28. The predicted molar refractivity (Wildman–Crippen MR) is 161 cm³/mol. The molecule has 0 fully saturated rings. The molecule has 1 nitrogen and oxygen atoms in total. The van der Waals surface area contributed by atoms with Gasteiger partial charge in [-0.3, -0.25) is 0 Å². The molecule has 0 spiro atoms. The fourth-order valence-electron chi connectivity index (χ4n) is 5.78. The molecule has 1 aliphatic heterocycles. The van der Waals surface area contributed by atoms with E-state index in [0.29, 0.717) is 0 Å². The van der Waals surface area contributed by atoms with Gasteiger partial charge in [0.1, 0.15) is 0 Å². The van der Waals surface area contributed by atoms with Crippen molar-refractivity contribution in [2.75, 3.05) is 12.5 Å². The van der Waals surface area contributed by atoms with E-state index in [4.69, 9.17) is 0 Å². The van der Waals surface area contributed by atoms with Crippen LogP contribution in [0, 0.1) is 0 Å². The molecule has 36 heavy (non-hydrogen) atoms. The number of benzene rings is 5. The highest BCUT2D eigenvalue weighted by atomic mass is 32.3. The van der Waals surface area contributed by atoms with E-state index in [1.54, 1.807) is 0 Å². The normalized spacial score (nSPS) is 14.4. The standard InChI is InChI=1S/C31H25NS.C3H8/c1-32-28-18-21-10-5-4-9-20(21)17-27(28)26-13-8-12-23(31(26)32)22-15-16-25-24-11-6-7-14-29(24)33(2,3)30(25)19-22;1-3-2/h4-19H,1-3H3;3H2,1-2H3. The van der Waals surface area contributed by atoms with Crippen molar-refractivity contribution >= 4 is 42.6 Å². The number of fused-ring (bicyclic) bond motifs is 7. The molecule has 0 bridgehead atoms. The molecular weight excluding hydrogens is 454 g/mol. The molecule has 2 heteroatoms. The zero-order valence-electron chi connectivity index (χ0n) is 21.8. The molecule has 0 radical (unpaired) electrons. The van der Waals surface area contributed by atoms with Gasteiger partial charge in [-0.2, -0.15) is 10.0 Å². The van der Waals surface area contributed by atoms with Gasteiger partial charge in [0.05, 0.1) is 5.52 Å². The summed E-state index contributed by atoms with van der Waals surface area (Å²) in [5.41, 5.74) is 8.03. The van der Waals surface area contributed by atoms with E-state index in [-0.39, 0.29) is 0 Å². The zero-order valence-corrected chi connectivity index (χ0v) is 22.6. The minimum absolute atomic E-state index is 1.02. The second-order valence-electron chi connectivity index (χ2n) is 10.2. The van der Waals surface area contributed by atoms with E-state index in [9.17, 15) is 0 Å². The van der Waals surface area contributed by atoms with E-state index in [1.165, 1.54) is 71.0 Å². The van der Waals surface area contributed by atoms with Crippen molar-refractivity contribution in [3.63, 3.8) is 0 Å². The van der Waals surface area contributed by atoms with Crippen LogP contribution in [-0.2, 0) is 7.05 Å². The second-order valence-corrected chi connectivity index (χ2v) is 13.8. The van der Waals surface area contributed by atoms with Crippen LogP contribution < -0.4 is 0 Å². The second kappa shape index (κ2) is 8.57. The number of hydrogen-bond acceptors (Lipinski definition) is 0. The molecule has 0 saturated carbocycles. The van der Waals surface area contributed by atoms with Crippen molar-refractivity contribution in [2.24, 2.45) is 7.05 Å². The largest absolute Gasteiger partial charge is 0.343 e. The summed E-state index contributed by atoms with van der Waals surface area (Å²) < 4.78 is 2.38. The SMILES string of the molecule is CCC.Cn1c2cc3ccccc3cc2c2cccc(-c3ccc4c(c3)S(C)(C)c3ccccc3-4)c21. The van der Waals surface area contributed by atoms with E-state index >= 15 is 0 Å². The van der Waals surface area contributed by atoms with E-state index in [2.05, 4.69) is 135 Å². The van der Waals surface area contributed by atoms with Crippen molar-refractivity contribution in [1.29, 1.82) is 0 Å². The highest BCUT2D eigenvalue weighted by molar-refractivity contribution is 8.33. The van der Waals surface area contributed by atoms with Crippen LogP contribution in [0.15, 0.2) is 107 Å². The summed E-state index contributed by atoms with van der Waals surface area (Å²) in [6.45, 7) is 4.25. The summed E-state index contributed by atoms with van der Waals surface area (Å²) in [6, 6.07) is 36.2. The predicted octanol–water partition coefficient (Wildman–Crippen LogP) is 10.0. The minimum atomic E-state index is -1.02. The number of nitrogens with zero attached hydrogens (tertiary/aromatic N) is 1. The number of aromatic nitrogens is 1. The molecule has 0 unspecified atom stereocenters. The number of para-hydroxylation sites is 1. The first-order valence-corrected chi connectivity index (χ1v) is 15.3. The first-order valence-electron chi connectivity index (χ1n) is 12.8. The van der Waals surface area contributed by atoms with Gasteiger partial charge in [-0.1, -0.05) is 93.1 Å². The van der Waals surface area contributed by atoms with Crippen LogP contribution in [-0.4, -0.2) is 17.1 Å². The smallest absolute Gasteiger partial charge is 0.0568 e. The zero-order chi connectivity index (χ0) is 25.0. The Kier molecular flexibility index (Phi) is 5.46. The maximum atomic E-state index is 2.47. The van der Waals surface area contributed by atoms with E-state index in [0.717, 1.165) is 0 Å². The molecule has 2 heterocycles. The Balaban J connectivity index is 0.000000765. The highest BCUT2D eigenvalue weighted by Gasteiger charge is 2.31. The van der Waals surface area contributed by atoms with E-state index < -0.39 is 10.0 Å². The number of hydrogen-bond donors (Lipinski definition) is 0. The average molecular weight is 488 g/mol. The van der Waals surface area contributed by atoms with Crippen molar-refractivity contribution < 1.29 is 0 Å². The Morgan fingerprint density at radius 3 is 2.03 bits per heavy atom. The number of aryl methyl sites for hydroxylation is 1. The fourth-order valence-corrected chi connectivity index (χ4v) is 8.32. The molecule has 0 amide bonds. The lowest BCUT2D eigenvalue weighted by atomic mass is 9.98. The van der Waals surface area contributed by atoms with Gasteiger partial charge in [0.15, 0.2) is 0 Å². The fraction of sp³-hybridized carbons (Fsp3) is 0.176. The first-order chi connectivity index (χ1) is 17.5. The van der Waals surface area contributed by atoms with Crippen molar-refractivity contribution in [1.82, 2.24) is 4.57 Å². The lowest BCUT2D eigenvalue weighted by molar-refractivity contribution is 1.02. The third kappa shape index (κ3) is 3.32. The molecule has 0 aliphatic carbocycles.